The van der Waals surface area contributed by atoms with Gasteiger partial charge in [-0.15, -0.1) is 0 Å². The van der Waals surface area contributed by atoms with Crippen LogP contribution in [0.2, 0.25) is 0 Å². The van der Waals surface area contributed by atoms with Gasteiger partial charge >= 0.3 is 0 Å². The third-order valence-corrected chi connectivity index (χ3v) is 3.77. The van der Waals surface area contributed by atoms with Crippen molar-refractivity contribution in [3.05, 3.63) is 23.8 Å². The first-order chi connectivity index (χ1) is 8.99. The number of nitrogens with zero attached hydrogens (tertiary/aromatic N) is 2. The fourth-order valence-corrected chi connectivity index (χ4v) is 2.59. The van der Waals surface area contributed by atoms with Crippen LogP contribution in [-0.4, -0.2) is 48.9 Å². The summed E-state index contributed by atoms with van der Waals surface area (Å²) in [6.45, 7) is 2.01. The van der Waals surface area contributed by atoms with E-state index >= 15 is 0 Å². The molecule has 4 N–H and O–H groups in total. The van der Waals surface area contributed by atoms with E-state index in [4.69, 9.17) is 11.5 Å². The van der Waals surface area contributed by atoms with Crippen molar-refractivity contribution in [3.63, 3.8) is 0 Å². The Morgan fingerprint density at radius 3 is 2.79 bits per heavy atom. The predicted molar refractivity (Wildman–Crippen MR) is 77.9 cm³/mol. The molecule has 1 unspecified atom stereocenters. The second-order valence-corrected chi connectivity index (χ2v) is 5.32. The van der Waals surface area contributed by atoms with Crippen molar-refractivity contribution in [2.24, 2.45) is 0 Å². The summed E-state index contributed by atoms with van der Waals surface area (Å²) in [6.07, 6.45) is 2.16. The molecule has 0 saturated carbocycles. The maximum atomic E-state index is 12.5. The molecule has 1 atom stereocenters. The van der Waals surface area contributed by atoms with Gasteiger partial charge in [-0.2, -0.15) is 0 Å². The predicted octanol–water partition coefficient (Wildman–Crippen LogP) is 1.02. The minimum atomic E-state index is -0.0298. The molecule has 1 saturated heterocycles. The average Bonchev–Trinajstić information content (AvgIpc) is 2.37. The molecule has 1 aliphatic heterocycles. The van der Waals surface area contributed by atoms with E-state index in [1.807, 2.05) is 7.05 Å². The number of nitrogens with two attached hydrogens (primary N) is 2. The van der Waals surface area contributed by atoms with Gasteiger partial charge in [-0.1, -0.05) is 0 Å². The second kappa shape index (κ2) is 5.48. The van der Waals surface area contributed by atoms with Crippen molar-refractivity contribution in [1.29, 1.82) is 0 Å². The summed E-state index contributed by atoms with van der Waals surface area (Å²) < 4.78 is 0. The number of anilines is 2. The van der Waals surface area contributed by atoms with Gasteiger partial charge in [0.05, 0.1) is 5.56 Å². The Balaban J connectivity index is 2.14. The number of carbonyl (C=O) groups is 1. The number of benzene rings is 1. The molecule has 1 fully saturated rings. The first-order valence-corrected chi connectivity index (χ1v) is 6.59. The molecule has 0 spiro atoms. The van der Waals surface area contributed by atoms with E-state index in [-0.39, 0.29) is 11.9 Å². The van der Waals surface area contributed by atoms with Crippen molar-refractivity contribution in [3.8, 4) is 0 Å². The molecule has 0 radical (unpaired) electrons. The minimum Gasteiger partial charge on any atom is -0.399 e. The van der Waals surface area contributed by atoms with E-state index < -0.39 is 0 Å². The fourth-order valence-electron chi connectivity index (χ4n) is 2.59. The van der Waals surface area contributed by atoms with Gasteiger partial charge in [0.2, 0.25) is 0 Å². The summed E-state index contributed by atoms with van der Waals surface area (Å²) in [4.78, 5) is 16.5. The zero-order valence-electron chi connectivity index (χ0n) is 11.6. The molecule has 1 aromatic carbocycles. The van der Waals surface area contributed by atoms with Crippen LogP contribution in [-0.2, 0) is 0 Å². The number of piperidine rings is 1. The largest absolute Gasteiger partial charge is 0.399 e. The Labute approximate surface area is 114 Å². The summed E-state index contributed by atoms with van der Waals surface area (Å²) >= 11 is 0. The number of carbonyl (C=O) groups excluding carboxylic acids is 1. The van der Waals surface area contributed by atoms with E-state index in [0.717, 1.165) is 25.9 Å². The Morgan fingerprint density at radius 1 is 1.42 bits per heavy atom. The highest BCUT2D eigenvalue weighted by Gasteiger charge is 2.26. The number of hydrogen-bond donors (Lipinski definition) is 2. The van der Waals surface area contributed by atoms with Crippen molar-refractivity contribution in [2.75, 3.05) is 38.7 Å². The normalized spacial score (nSPS) is 20.2. The third-order valence-electron chi connectivity index (χ3n) is 3.77. The maximum Gasteiger partial charge on any atom is 0.255 e. The molecule has 0 aromatic heterocycles. The van der Waals surface area contributed by atoms with E-state index in [1.165, 1.54) is 0 Å². The van der Waals surface area contributed by atoms with Crippen LogP contribution in [0.4, 0.5) is 11.4 Å². The Bertz CT molecular complexity index is 475. The summed E-state index contributed by atoms with van der Waals surface area (Å²) in [5.41, 5.74) is 13.1. The van der Waals surface area contributed by atoms with Crippen molar-refractivity contribution < 1.29 is 4.79 Å². The van der Waals surface area contributed by atoms with Crippen LogP contribution >= 0.6 is 0 Å². The number of nitrogen functional groups attached to an aromatic ring is 2. The lowest BCUT2D eigenvalue weighted by atomic mass is 10.0. The molecule has 5 heteroatoms. The summed E-state index contributed by atoms with van der Waals surface area (Å²) in [5.74, 6) is -0.0298. The topological polar surface area (TPSA) is 75.6 Å². The number of hydrogen-bond acceptors (Lipinski definition) is 4. The lowest BCUT2D eigenvalue weighted by Gasteiger charge is -2.36. The molecule has 1 aliphatic rings. The van der Waals surface area contributed by atoms with E-state index in [2.05, 4.69) is 11.9 Å². The van der Waals surface area contributed by atoms with Gasteiger partial charge in [0.1, 0.15) is 0 Å². The van der Waals surface area contributed by atoms with Crippen LogP contribution in [0, 0.1) is 0 Å². The van der Waals surface area contributed by atoms with Gasteiger partial charge in [0, 0.05) is 31.0 Å². The molecule has 2 rings (SSSR count). The lowest BCUT2D eigenvalue weighted by molar-refractivity contribution is 0.0645. The lowest BCUT2D eigenvalue weighted by Crippen LogP contribution is -2.47. The smallest absolute Gasteiger partial charge is 0.255 e. The standard InChI is InChI=1S/C14H22N4O/c1-17-7-3-4-11(9-17)18(2)14(19)12-6-5-10(15)8-13(12)16/h5-6,8,11H,3-4,7,9,15-16H2,1-2H3. The van der Waals surface area contributed by atoms with Crippen molar-refractivity contribution in [2.45, 2.75) is 18.9 Å². The molecule has 5 nitrogen and oxygen atoms in total. The van der Waals surface area contributed by atoms with Crippen LogP contribution in [0.5, 0.6) is 0 Å². The molecule has 1 heterocycles. The SMILES string of the molecule is CN1CCCC(N(C)C(=O)c2ccc(N)cc2N)C1. The molecule has 19 heavy (non-hydrogen) atoms. The summed E-state index contributed by atoms with van der Waals surface area (Å²) in [5, 5.41) is 0. The van der Waals surface area contributed by atoms with E-state index in [1.54, 1.807) is 23.1 Å². The molecular weight excluding hydrogens is 240 g/mol. The van der Waals surface area contributed by atoms with Gasteiger partial charge in [0.15, 0.2) is 0 Å². The molecule has 104 valence electrons. The highest BCUT2D eigenvalue weighted by Crippen LogP contribution is 2.20. The minimum absolute atomic E-state index is 0.0298. The highest BCUT2D eigenvalue weighted by molar-refractivity contribution is 5.99. The van der Waals surface area contributed by atoms with E-state index in [0.29, 0.717) is 16.9 Å². The van der Waals surface area contributed by atoms with Gasteiger partial charge in [0.25, 0.3) is 5.91 Å². The zero-order chi connectivity index (χ0) is 14.0. The molecule has 0 aliphatic carbocycles. The first-order valence-electron chi connectivity index (χ1n) is 6.59. The number of likely N-dealkylation sites (tertiary alicyclic amines) is 1. The second-order valence-electron chi connectivity index (χ2n) is 5.32. The number of likely N-dealkylation sites (N-methyl/N-ethyl adjacent to an activating group) is 2. The van der Waals surface area contributed by atoms with Crippen LogP contribution in [0.15, 0.2) is 18.2 Å². The van der Waals surface area contributed by atoms with Gasteiger partial charge in [-0.05, 0) is 44.6 Å². The third kappa shape index (κ3) is 2.98. The van der Waals surface area contributed by atoms with Crippen LogP contribution in [0.25, 0.3) is 0 Å². The maximum absolute atomic E-state index is 12.5. The highest BCUT2D eigenvalue weighted by atomic mass is 16.2. The summed E-state index contributed by atoms with van der Waals surface area (Å²) in [6, 6.07) is 5.30. The van der Waals surface area contributed by atoms with E-state index in [9.17, 15) is 4.79 Å². The quantitative estimate of drug-likeness (QED) is 0.780. The molecule has 1 aromatic rings. The van der Waals surface area contributed by atoms with Crippen molar-refractivity contribution >= 4 is 17.3 Å². The molecule has 1 amide bonds. The van der Waals surface area contributed by atoms with Crippen LogP contribution in [0.1, 0.15) is 23.2 Å². The van der Waals surface area contributed by atoms with Crippen LogP contribution in [0.3, 0.4) is 0 Å². The monoisotopic (exact) mass is 262 g/mol. The fraction of sp³-hybridized carbons (Fsp3) is 0.500. The molecule has 0 bridgehead atoms. The number of rotatable bonds is 2. The van der Waals surface area contributed by atoms with Gasteiger partial charge in [-0.3, -0.25) is 4.79 Å². The Hall–Kier alpha value is -1.75. The Kier molecular flexibility index (Phi) is 3.95. The first kappa shape index (κ1) is 13.7. The van der Waals surface area contributed by atoms with Gasteiger partial charge in [-0.25, -0.2) is 0 Å². The number of amides is 1. The molecular formula is C14H22N4O. The zero-order valence-corrected chi connectivity index (χ0v) is 11.6. The van der Waals surface area contributed by atoms with Crippen molar-refractivity contribution in [1.82, 2.24) is 9.80 Å². The van der Waals surface area contributed by atoms with Crippen LogP contribution < -0.4 is 11.5 Å². The average molecular weight is 262 g/mol. The summed E-state index contributed by atoms with van der Waals surface area (Å²) in [7, 11) is 3.93. The van der Waals surface area contributed by atoms with Gasteiger partial charge < -0.3 is 21.3 Å². The Morgan fingerprint density at radius 2 is 2.16 bits per heavy atom.